The Labute approximate surface area is 151 Å². The number of nitrogens with one attached hydrogen (secondary N) is 1. The fraction of sp³-hybridized carbons (Fsp3) is 0.211. The van der Waals surface area contributed by atoms with Gasteiger partial charge < -0.3 is 10.4 Å². The van der Waals surface area contributed by atoms with Gasteiger partial charge in [-0.15, -0.1) is 0 Å². The lowest BCUT2D eigenvalue weighted by molar-refractivity contribution is 0.299. The molecular weight excluding hydrogens is 336 g/mol. The molecular formula is C19H19ClN4O. The lowest BCUT2D eigenvalue weighted by atomic mass is 10.1. The van der Waals surface area contributed by atoms with Crippen LogP contribution in [-0.4, -0.2) is 26.7 Å². The third-order valence-electron chi connectivity index (χ3n) is 3.69. The summed E-state index contributed by atoms with van der Waals surface area (Å²) in [6.07, 6.45) is 1.35. The maximum Gasteiger partial charge on any atom is 0.231 e. The van der Waals surface area contributed by atoms with Gasteiger partial charge in [0.2, 0.25) is 5.95 Å². The van der Waals surface area contributed by atoms with Crippen molar-refractivity contribution in [1.82, 2.24) is 15.0 Å². The Balaban J connectivity index is 1.89. The summed E-state index contributed by atoms with van der Waals surface area (Å²) in [5.74, 6) is 1.80. The maximum absolute atomic E-state index is 8.99. The van der Waals surface area contributed by atoms with E-state index in [-0.39, 0.29) is 6.61 Å². The second-order valence-electron chi connectivity index (χ2n) is 5.56. The molecule has 2 N–H and O–H groups in total. The van der Waals surface area contributed by atoms with Crippen LogP contribution < -0.4 is 5.32 Å². The molecule has 0 aliphatic carbocycles. The van der Waals surface area contributed by atoms with Crippen LogP contribution in [0.4, 0.5) is 11.6 Å². The Morgan fingerprint density at radius 2 is 1.84 bits per heavy atom. The van der Waals surface area contributed by atoms with Gasteiger partial charge in [0.25, 0.3) is 0 Å². The van der Waals surface area contributed by atoms with Gasteiger partial charge in [-0.05, 0) is 36.2 Å². The average molecular weight is 355 g/mol. The topological polar surface area (TPSA) is 70.9 Å². The van der Waals surface area contributed by atoms with E-state index in [4.69, 9.17) is 16.7 Å². The SMILES string of the molecule is CCc1nc(Nc2ccc(CCO)cc2)nc(-c2cccc(Cl)c2)n1. The standard InChI is InChI=1S/C19H19ClN4O/c1-2-17-22-18(14-4-3-5-15(20)12-14)24-19(23-17)21-16-8-6-13(7-9-16)10-11-25/h3-9,12,25H,2,10-11H2,1H3,(H,21,22,23,24). The number of hydrogen-bond acceptors (Lipinski definition) is 5. The molecule has 25 heavy (non-hydrogen) atoms. The van der Waals surface area contributed by atoms with Gasteiger partial charge in [0.15, 0.2) is 5.82 Å². The van der Waals surface area contributed by atoms with E-state index in [2.05, 4.69) is 20.3 Å². The first kappa shape index (κ1) is 17.3. The van der Waals surface area contributed by atoms with Gasteiger partial charge in [0, 0.05) is 29.3 Å². The molecule has 3 rings (SSSR count). The quantitative estimate of drug-likeness (QED) is 0.699. The first-order valence-corrected chi connectivity index (χ1v) is 8.53. The van der Waals surface area contributed by atoms with E-state index in [9.17, 15) is 0 Å². The van der Waals surface area contributed by atoms with Crippen LogP contribution in [0.5, 0.6) is 0 Å². The van der Waals surface area contributed by atoms with E-state index in [0.29, 0.717) is 35.5 Å². The van der Waals surface area contributed by atoms with Gasteiger partial charge in [-0.3, -0.25) is 0 Å². The third-order valence-corrected chi connectivity index (χ3v) is 3.93. The largest absolute Gasteiger partial charge is 0.396 e. The van der Waals surface area contributed by atoms with Crippen LogP contribution >= 0.6 is 11.6 Å². The number of aliphatic hydroxyl groups excluding tert-OH is 1. The summed E-state index contributed by atoms with van der Waals surface area (Å²) in [5.41, 5.74) is 2.82. The highest BCUT2D eigenvalue weighted by atomic mass is 35.5. The third kappa shape index (κ3) is 4.53. The molecule has 5 nitrogen and oxygen atoms in total. The van der Waals surface area contributed by atoms with Gasteiger partial charge in [-0.25, -0.2) is 4.98 Å². The number of nitrogens with zero attached hydrogens (tertiary/aromatic N) is 3. The fourth-order valence-corrected chi connectivity index (χ4v) is 2.59. The lowest BCUT2D eigenvalue weighted by Crippen LogP contribution is -2.05. The first-order valence-electron chi connectivity index (χ1n) is 8.15. The molecule has 3 aromatic rings. The van der Waals surface area contributed by atoms with Crippen molar-refractivity contribution >= 4 is 23.2 Å². The molecule has 0 aliphatic rings. The number of aliphatic hydroxyl groups is 1. The second-order valence-corrected chi connectivity index (χ2v) is 5.99. The lowest BCUT2D eigenvalue weighted by Gasteiger charge is -2.09. The van der Waals surface area contributed by atoms with Crippen LogP contribution in [0.15, 0.2) is 48.5 Å². The van der Waals surface area contributed by atoms with Crippen LogP contribution in [0.2, 0.25) is 5.02 Å². The Bertz CT molecular complexity index is 852. The van der Waals surface area contributed by atoms with Crippen molar-refractivity contribution in [2.75, 3.05) is 11.9 Å². The number of aromatic nitrogens is 3. The molecule has 0 aliphatic heterocycles. The highest BCUT2D eigenvalue weighted by molar-refractivity contribution is 6.30. The van der Waals surface area contributed by atoms with Crippen molar-refractivity contribution in [2.45, 2.75) is 19.8 Å². The summed E-state index contributed by atoms with van der Waals surface area (Å²) in [4.78, 5) is 13.5. The van der Waals surface area contributed by atoms with Gasteiger partial charge in [0.05, 0.1) is 0 Å². The number of rotatable bonds is 6. The number of halogens is 1. The fourth-order valence-electron chi connectivity index (χ4n) is 2.40. The predicted octanol–water partition coefficient (Wildman–Crippen LogP) is 4.03. The molecule has 0 amide bonds. The summed E-state index contributed by atoms with van der Waals surface area (Å²) in [5, 5.41) is 12.8. The second kappa shape index (κ2) is 8.05. The molecule has 0 saturated carbocycles. The summed E-state index contributed by atoms with van der Waals surface area (Å²) < 4.78 is 0. The van der Waals surface area contributed by atoms with Crippen molar-refractivity contribution in [1.29, 1.82) is 0 Å². The molecule has 0 unspecified atom stereocenters. The Morgan fingerprint density at radius 1 is 1.04 bits per heavy atom. The summed E-state index contributed by atoms with van der Waals surface area (Å²) in [6, 6.07) is 15.3. The van der Waals surface area contributed by atoms with E-state index in [0.717, 1.165) is 16.8 Å². The maximum atomic E-state index is 8.99. The Kier molecular flexibility index (Phi) is 5.58. The molecule has 0 atom stereocenters. The van der Waals surface area contributed by atoms with E-state index < -0.39 is 0 Å². The molecule has 0 spiro atoms. The normalized spacial score (nSPS) is 10.7. The number of anilines is 2. The van der Waals surface area contributed by atoms with Crippen LogP contribution in [0.1, 0.15) is 18.3 Å². The molecule has 2 aromatic carbocycles. The van der Waals surface area contributed by atoms with Crippen LogP contribution in [0, 0.1) is 0 Å². The summed E-state index contributed by atoms with van der Waals surface area (Å²) in [6.45, 7) is 2.15. The summed E-state index contributed by atoms with van der Waals surface area (Å²) >= 11 is 6.07. The van der Waals surface area contributed by atoms with Crippen molar-refractivity contribution in [3.05, 3.63) is 64.9 Å². The zero-order valence-electron chi connectivity index (χ0n) is 13.9. The number of aryl methyl sites for hydroxylation is 1. The minimum absolute atomic E-state index is 0.142. The molecule has 1 aromatic heterocycles. The molecule has 128 valence electrons. The van der Waals surface area contributed by atoms with E-state index in [1.807, 2.05) is 55.5 Å². The number of benzene rings is 2. The molecule has 6 heteroatoms. The van der Waals surface area contributed by atoms with Crippen molar-refractivity contribution in [3.63, 3.8) is 0 Å². The predicted molar refractivity (Wildman–Crippen MR) is 100 cm³/mol. The van der Waals surface area contributed by atoms with Gasteiger partial charge in [-0.2, -0.15) is 9.97 Å². The first-order chi connectivity index (χ1) is 12.2. The van der Waals surface area contributed by atoms with E-state index in [1.54, 1.807) is 0 Å². The minimum Gasteiger partial charge on any atom is -0.396 e. The monoisotopic (exact) mass is 354 g/mol. The summed E-state index contributed by atoms with van der Waals surface area (Å²) in [7, 11) is 0. The van der Waals surface area contributed by atoms with Crippen LogP contribution in [-0.2, 0) is 12.8 Å². The average Bonchev–Trinajstić information content (AvgIpc) is 2.63. The molecule has 0 radical (unpaired) electrons. The van der Waals surface area contributed by atoms with Gasteiger partial charge in [0.1, 0.15) is 5.82 Å². The van der Waals surface area contributed by atoms with Crippen LogP contribution in [0.25, 0.3) is 11.4 Å². The van der Waals surface area contributed by atoms with Crippen molar-refractivity contribution in [3.8, 4) is 11.4 Å². The van der Waals surface area contributed by atoms with E-state index >= 15 is 0 Å². The number of hydrogen-bond donors (Lipinski definition) is 2. The smallest absolute Gasteiger partial charge is 0.231 e. The van der Waals surface area contributed by atoms with Crippen LogP contribution in [0.3, 0.4) is 0 Å². The molecule has 0 fully saturated rings. The highest BCUT2D eigenvalue weighted by Crippen LogP contribution is 2.22. The molecule has 0 bridgehead atoms. The highest BCUT2D eigenvalue weighted by Gasteiger charge is 2.08. The zero-order valence-corrected chi connectivity index (χ0v) is 14.7. The zero-order chi connectivity index (χ0) is 17.6. The Hall–Kier alpha value is -2.50. The van der Waals surface area contributed by atoms with Gasteiger partial charge >= 0.3 is 0 Å². The Morgan fingerprint density at radius 3 is 2.52 bits per heavy atom. The molecule has 1 heterocycles. The molecule has 0 saturated heterocycles. The minimum atomic E-state index is 0.142. The van der Waals surface area contributed by atoms with E-state index in [1.165, 1.54) is 0 Å². The van der Waals surface area contributed by atoms with Crippen molar-refractivity contribution in [2.24, 2.45) is 0 Å². The van der Waals surface area contributed by atoms with Crippen molar-refractivity contribution < 1.29 is 5.11 Å². The van der Waals surface area contributed by atoms with Gasteiger partial charge in [-0.1, -0.05) is 42.8 Å².